The molecular weight excluding hydrogens is 146 g/mol. The Labute approximate surface area is 77.1 Å². The predicted molar refractivity (Wildman–Crippen MR) is 54.3 cm³/mol. The third-order valence-electron chi connectivity index (χ3n) is 2.86. The van der Waals surface area contributed by atoms with Gasteiger partial charge in [0.2, 0.25) is 0 Å². The van der Waals surface area contributed by atoms with E-state index >= 15 is 0 Å². The van der Waals surface area contributed by atoms with Crippen LogP contribution in [0.5, 0.6) is 0 Å². The largest absolute Gasteiger partial charge is 0.303 e. The fourth-order valence-electron chi connectivity index (χ4n) is 2.22. The lowest BCUT2D eigenvalue weighted by Gasteiger charge is -2.19. The van der Waals surface area contributed by atoms with E-state index in [1.54, 1.807) is 0 Å². The summed E-state index contributed by atoms with van der Waals surface area (Å²) in [6.07, 6.45) is 4.15. The number of hydrogen-bond acceptors (Lipinski definition) is 1. The third-order valence-corrected chi connectivity index (χ3v) is 2.86. The molecule has 0 spiro atoms. The molecule has 1 heterocycles. The predicted octanol–water partition coefficient (Wildman–Crippen LogP) is 2.76. The molecule has 1 aliphatic heterocycles. The summed E-state index contributed by atoms with van der Waals surface area (Å²) in [4.78, 5) is 2.63. The van der Waals surface area contributed by atoms with Gasteiger partial charge in [-0.2, -0.15) is 0 Å². The van der Waals surface area contributed by atoms with Gasteiger partial charge in [0.05, 0.1) is 0 Å². The van der Waals surface area contributed by atoms with E-state index in [9.17, 15) is 0 Å². The van der Waals surface area contributed by atoms with Crippen molar-refractivity contribution in [3.63, 3.8) is 0 Å². The number of nitrogens with zero attached hydrogens (tertiary/aromatic N) is 1. The van der Waals surface area contributed by atoms with Crippen LogP contribution in [0, 0.1) is 11.8 Å². The Morgan fingerprint density at radius 1 is 1.50 bits per heavy atom. The van der Waals surface area contributed by atoms with Crippen molar-refractivity contribution in [2.45, 2.75) is 40.0 Å². The highest BCUT2D eigenvalue weighted by molar-refractivity contribution is 4.73. The summed E-state index contributed by atoms with van der Waals surface area (Å²) < 4.78 is 0. The summed E-state index contributed by atoms with van der Waals surface area (Å²) >= 11 is 0. The lowest BCUT2D eigenvalue weighted by molar-refractivity contribution is 0.272. The molecule has 72 valence electrons. The minimum Gasteiger partial charge on any atom is -0.303 e. The van der Waals surface area contributed by atoms with Crippen molar-refractivity contribution in [1.82, 2.24) is 4.90 Å². The van der Waals surface area contributed by atoms with Gasteiger partial charge in [-0.05, 0) is 31.2 Å². The zero-order valence-electron chi connectivity index (χ0n) is 8.84. The molecule has 2 unspecified atom stereocenters. The maximum atomic E-state index is 2.63. The third kappa shape index (κ3) is 3.14. The van der Waals surface area contributed by atoms with Crippen LogP contribution in [0.15, 0.2) is 0 Å². The van der Waals surface area contributed by atoms with Gasteiger partial charge in [0.15, 0.2) is 0 Å². The van der Waals surface area contributed by atoms with E-state index in [-0.39, 0.29) is 0 Å². The van der Waals surface area contributed by atoms with Gasteiger partial charge < -0.3 is 4.90 Å². The first-order valence-electron chi connectivity index (χ1n) is 5.44. The van der Waals surface area contributed by atoms with Gasteiger partial charge in [-0.1, -0.05) is 27.2 Å². The molecule has 0 bridgehead atoms. The second kappa shape index (κ2) is 4.86. The Hall–Kier alpha value is -0.0400. The Morgan fingerprint density at radius 2 is 2.25 bits per heavy atom. The monoisotopic (exact) mass is 169 g/mol. The van der Waals surface area contributed by atoms with E-state index in [2.05, 4.69) is 25.7 Å². The lowest BCUT2D eigenvalue weighted by Crippen LogP contribution is -2.26. The zero-order chi connectivity index (χ0) is 8.97. The number of hydrogen-bond donors (Lipinski definition) is 0. The van der Waals surface area contributed by atoms with Crippen LogP contribution in [0.25, 0.3) is 0 Å². The zero-order valence-corrected chi connectivity index (χ0v) is 8.84. The standard InChI is InChI=1S/C11H23N/c1-4-5-10(2)8-12-7-6-11(3)9-12/h10-11H,4-9H2,1-3H3. The minimum absolute atomic E-state index is 0.903. The van der Waals surface area contributed by atoms with E-state index in [1.165, 1.54) is 38.9 Å². The molecule has 0 N–H and O–H groups in total. The highest BCUT2D eigenvalue weighted by Crippen LogP contribution is 2.17. The molecule has 0 saturated carbocycles. The van der Waals surface area contributed by atoms with E-state index < -0.39 is 0 Å². The highest BCUT2D eigenvalue weighted by atomic mass is 15.1. The van der Waals surface area contributed by atoms with Gasteiger partial charge in [0.25, 0.3) is 0 Å². The van der Waals surface area contributed by atoms with Crippen molar-refractivity contribution >= 4 is 0 Å². The van der Waals surface area contributed by atoms with Crippen LogP contribution in [0.3, 0.4) is 0 Å². The quantitative estimate of drug-likeness (QED) is 0.625. The second-order valence-corrected chi connectivity index (χ2v) is 4.55. The summed E-state index contributed by atoms with van der Waals surface area (Å²) in [6.45, 7) is 11.0. The highest BCUT2D eigenvalue weighted by Gasteiger charge is 2.19. The van der Waals surface area contributed by atoms with Crippen molar-refractivity contribution in [3.8, 4) is 0 Å². The van der Waals surface area contributed by atoms with Crippen LogP contribution in [0.4, 0.5) is 0 Å². The smallest absolute Gasteiger partial charge is 0.000761 e. The van der Waals surface area contributed by atoms with Gasteiger partial charge in [-0.15, -0.1) is 0 Å². The molecule has 1 rings (SSSR count). The van der Waals surface area contributed by atoms with Gasteiger partial charge in [-0.25, -0.2) is 0 Å². The molecule has 0 aromatic rings. The molecule has 1 saturated heterocycles. The maximum Gasteiger partial charge on any atom is 0.000761 e. The van der Waals surface area contributed by atoms with Crippen molar-refractivity contribution in [2.24, 2.45) is 11.8 Å². The molecule has 0 amide bonds. The summed E-state index contributed by atoms with van der Waals surface area (Å²) in [6, 6.07) is 0. The first-order chi connectivity index (χ1) is 5.72. The average molecular weight is 169 g/mol. The molecule has 1 nitrogen and oxygen atoms in total. The Balaban J connectivity index is 2.14. The van der Waals surface area contributed by atoms with Crippen molar-refractivity contribution < 1.29 is 0 Å². The maximum absolute atomic E-state index is 2.63. The summed E-state index contributed by atoms with van der Waals surface area (Å²) in [5.41, 5.74) is 0. The van der Waals surface area contributed by atoms with Crippen LogP contribution in [-0.2, 0) is 0 Å². The molecule has 0 aliphatic carbocycles. The fourth-order valence-corrected chi connectivity index (χ4v) is 2.22. The van der Waals surface area contributed by atoms with E-state index in [0.717, 1.165) is 11.8 Å². The normalized spacial score (nSPS) is 27.8. The van der Waals surface area contributed by atoms with Crippen LogP contribution in [0.2, 0.25) is 0 Å². The molecule has 1 aliphatic rings. The number of rotatable bonds is 4. The summed E-state index contributed by atoms with van der Waals surface area (Å²) in [5.74, 6) is 1.85. The molecule has 0 aromatic carbocycles. The first kappa shape index (κ1) is 10.0. The van der Waals surface area contributed by atoms with Crippen LogP contribution >= 0.6 is 0 Å². The Bertz CT molecular complexity index is 122. The van der Waals surface area contributed by atoms with Gasteiger partial charge in [0, 0.05) is 13.1 Å². The van der Waals surface area contributed by atoms with E-state index in [4.69, 9.17) is 0 Å². The van der Waals surface area contributed by atoms with Gasteiger partial charge in [-0.3, -0.25) is 0 Å². The second-order valence-electron chi connectivity index (χ2n) is 4.55. The van der Waals surface area contributed by atoms with Gasteiger partial charge in [0.1, 0.15) is 0 Å². The van der Waals surface area contributed by atoms with E-state index in [1.807, 2.05) is 0 Å². The lowest BCUT2D eigenvalue weighted by atomic mass is 10.1. The van der Waals surface area contributed by atoms with Crippen LogP contribution < -0.4 is 0 Å². The van der Waals surface area contributed by atoms with Gasteiger partial charge >= 0.3 is 0 Å². The molecule has 1 heteroatoms. The topological polar surface area (TPSA) is 3.24 Å². The molecular formula is C11H23N. The molecule has 0 aromatic heterocycles. The minimum atomic E-state index is 0.903. The van der Waals surface area contributed by atoms with Crippen LogP contribution in [0.1, 0.15) is 40.0 Å². The Morgan fingerprint density at radius 3 is 2.75 bits per heavy atom. The number of likely N-dealkylation sites (tertiary alicyclic amines) is 1. The first-order valence-corrected chi connectivity index (χ1v) is 5.44. The molecule has 0 radical (unpaired) electrons. The van der Waals surface area contributed by atoms with Crippen LogP contribution in [-0.4, -0.2) is 24.5 Å². The fraction of sp³-hybridized carbons (Fsp3) is 1.00. The van der Waals surface area contributed by atoms with Crippen molar-refractivity contribution in [3.05, 3.63) is 0 Å². The molecule has 12 heavy (non-hydrogen) atoms. The average Bonchev–Trinajstić information content (AvgIpc) is 2.36. The SMILES string of the molecule is CCCC(C)CN1CCC(C)C1. The molecule has 1 fully saturated rings. The van der Waals surface area contributed by atoms with Crippen molar-refractivity contribution in [2.75, 3.05) is 19.6 Å². The molecule has 2 atom stereocenters. The van der Waals surface area contributed by atoms with E-state index in [0.29, 0.717) is 0 Å². The summed E-state index contributed by atoms with van der Waals surface area (Å²) in [5, 5.41) is 0. The Kier molecular flexibility index (Phi) is 4.07. The summed E-state index contributed by atoms with van der Waals surface area (Å²) in [7, 11) is 0. The van der Waals surface area contributed by atoms with Crippen molar-refractivity contribution in [1.29, 1.82) is 0 Å².